The highest BCUT2D eigenvalue weighted by Gasteiger charge is 2.22. The lowest BCUT2D eigenvalue weighted by atomic mass is 9.88. The number of hydrogen-bond donors (Lipinski definition) is 0. The Kier molecular flexibility index (Phi) is 3.44. The van der Waals surface area contributed by atoms with Gasteiger partial charge in [0.2, 0.25) is 0 Å². The number of benzene rings is 1. The van der Waals surface area contributed by atoms with Gasteiger partial charge in [0.05, 0.1) is 0 Å². The van der Waals surface area contributed by atoms with Gasteiger partial charge in [0, 0.05) is 36.0 Å². The van der Waals surface area contributed by atoms with Crippen LogP contribution in [0.4, 0.5) is 0 Å². The van der Waals surface area contributed by atoms with Crippen molar-refractivity contribution in [2.45, 2.75) is 32.2 Å². The predicted molar refractivity (Wildman–Crippen MR) is 68.5 cm³/mol. The van der Waals surface area contributed by atoms with Gasteiger partial charge < -0.3 is 0 Å². The molecule has 0 unspecified atom stereocenters. The summed E-state index contributed by atoms with van der Waals surface area (Å²) < 4.78 is 2.40. The number of halogens is 1. The van der Waals surface area contributed by atoms with Crippen molar-refractivity contribution in [1.29, 1.82) is 0 Å². The topological polar surface area (TPSA) is 3.24 Å². The first-order valence-corrected chi connectivity index (χ1v) is 6.26. The van der Waals surface area contributed by atoms with Crippen molar-refractivity contribution in [3.05, 3.63) is 35.4 Å². The SMILES string of the molecule is CCC[C@H]1CN(I)Cc2ccccc21. The summed E-state index contributed by atoms with van der Waals surface area (Å²) in [5.74, 6) is 0.752. The summed E-state index contributed by atoms with van der Waals surface area (Å²) in [7, 11) is 0. The average molecular weight is 301 g/mol. The van der Waals surface area contributed by atoms with E-state index in [4.69, 9.17) is 0 Å². The third kappa shape index (κ3) is 2.11. The molecule has 0 fully saturated rings. The zero-order valence-electron chi connectivity index (χ0n) is 8.54. The Morgan fingerprint density at radius 2 is 2.21 bits per heavy atom. The van der Waals surface area contributed by atoms with Crippen molar-refractivity contribution in [3.63, 3.8) is 0 Å². The Morgan fingerprint density at radius 3 is 3.00 bits per heavy atom. The first-order chi connectivity index (χ1) is 6.81. The maximum Gasteiger partial charge on any atom is 0.0335 e. The molecule has 1 heterocycles. The molecule has 0 saturated carbocycles. The van der Waals surface area contributed by atoms with E-state index in [0.29, 0.717) is 0 Å². The minimum absolute atomic E-state index is 0.752. The van der Waals surface area contributed by atoms with Crippen LogP contribution in [0.25, 0.3) is 0 Å². The second-order valence-electron chi connectivity index (χ2n) is 3.99. The van der Waals surface area contributed by atoms with Crippen LogP contribution in [0.15, 0.2) is 24.3 Å². The number of hydrogen-bond acceptors (Lipinski definition) is 1. The minimum atomic E-state index is 0.752. The van der Waals surface area contributed by atoms with Crippen LogP contribution in [0.2, 0.25) is 0 Å². The second kappa shape index (κ2) is 4.62. The van der Waals surface area contributed by atoms with Crippen molar-refractivity contribution < 1.29 is 0 Å². The molecule has 0 saturated heterocycles. The first kappa shape index (κ1) is 10.4. The quantitative estimate of drug-likeness (QED) is 0.594. The molecule has 1 aromatic rings. The summed E-state index contributed by atoms with van der Waals surface area (Å²) >= 11 is 2.44. The van der Waals surface area contributed by atoms with E-state index in [1.54, 1.807) is 5.56 Å². The summed E-state index contributed by atoms with van der Waals surface area (Å²) in [5, 5.41) is 0. The lowest BCUT2D eigenvalue weighted by Gasteiger charge is -2.30. The third-order valence-electron chi connectivity index (χ3n) is 2.89. The Hall–Kier alpha value is -0.0900. The molecule has 1 atom stereocenters. The lowest BCUT2D eigenvalue weighted by Crippen LogP contribution is -2.26. The molecule has 14 heavy (non-hydrogen) atoms. The third-order valence-corrected chi connectivity index (χ3v) is 3.63. The molecule has 0 radical (unpaired) electrons. The van der Waals surface area contributed by atoms with Crippen LogP contribution in [0, 0.1) is 0 Å². The molecule has 76 valence electrons. The van der Waals surface area contributed by atoms with Crippen LogP contribution in [-0.2, 0) is 6.54 Å². The van der Waals surface area contributed by atoms with E-state index in [0.717, 1.165) is 12.5 Å². The van der Waals surface area contributed by atoms with Crippen molar-refractivity contribution in [2.75, 3.05) is 6.54 Å². The molecule has 0 aliphatic carbocycles. The second-order valence-corrected chi connectivity index (χ2v) is 5.35. The molecule has 1 aromatic carbocycles. The Bertz CT molecular complexity index is 311. The van der Waals surface area contributed by atoms with Crippen molar-refractivity contribution in [3.8, 4) is 0 Å². The van der Waals surface area contributed by atoms with Crippen LogP contribution in [0.1, 0.15) is 36.8 Å². The van der Waals surface area contributed by atoms with Gasteiger partial charge in [-0.15, -0.1) is 0 Å². The van der Waals surface area contributed by atoms with Gasteiger partial charge in [-0.3, -0.25) is 0 Å². The zero-order chi connectivity index (χ0) is 9.97. The number of nitrogens with zero attached hydrogens (tertiary/aromatic N) is 1. The molecular formula is C12H16IN. The highest BCUT2D eigenvalue weighted by Crippen LogP contribution is 2.32. The maximum atomic E-state index is 2.44. The minimum Gasteiger partial charge on any atom is -0.243 e. The van der Waals surface area contributed by atoms with Crippen LogP contribution >= 0.6 is 22.9 Å². The van der Waals surface area contributed by atoms with E-state index in [9.17, 15) is 0 Å². The fourth-order valence-corrected chi connectivity index (χ4v) is 3.10. The summed E-state index contributed by atoms with van der Waals surface area (Å²) in [6, 6.07) is 8.89. The molecule has 1 aliphatic rings. The number of fused-ring (bicyclic) bond motifs is 1. The van der Waals surface area contributed by atoms with Gasteiger partial charge in [0.25, 0.3) is 0 Å². The molecule has 0 amide bonds. The first-order valence-electron chi connectivity index (χ1n) is 5.29. The van der Waals surface area contributed by atoms with Gasteiger partial charge >= 0.3 is 0 Å². The molecule has 2 heteroatoms. The van der Waals surface area contributed by atoms with Crippen molar-refractivity contribution in [2.24, 2.45) is 0 Å². The smallest absolute Gasteiger partial charge is 0.0335 e. The molecule has 2 rings (SSSR count). The Balaban J connectivity index is 2.28. The summed E-state index contributed by atoms with van der Waals surface area (Å²) in [5.41, 5.74) is 3.11. The van der Waals surface area contributed by atoms with Gasteiger partial charge in [-0.2, -0.15) is 0 Å². The monoisotopic (exact) mass is 301 g/mol. The van der Waals surface area contributed by atoms with E-state index >= 15 is 0 Å². The molecule has 1 aliphatic heterocycles. The summed E-state index contributed by atoms with van der Waals surface area (Å²) in [4.78, 5) is 0. The summed E-state index contributed by atoms with van der Waals surface area (Å²) in [6.07, 6.45) is 2.60. The summed E-state index contributed by atoms with van der Waals surface area (Å²) in [6.45, 7) is 4.59. The molecule has 0 aromatic heterocycles. The molecule has 0 bridgehead atoms. The fraction of sp³-hybridized carbons (Fsp3) is 0.500. The van der Waals surface area contributed by atoms with Crippen LogP contribution < -0.4 is 0 Å². The van der Waals surface area contributed by atoms with Gasteiger partial charge in [-0.05, 0) is 23.5 Å². The molecular weight excluding hydrogens is 285 g/mol. The maximum absolute atomic E-state index is 2.44. The lowest BCUT2D eigenvalue weighted by molar-refractivity contribution is 0.405. The molecule has 0 spiro atoms. The van der Waals surface area contributed by atoms with Gasteiger partial charge in [-0.25, -0.2) is 3.11 Å². The van der Waals surface area contributed by atoms with Crippen molar-refractivity contribution in [1.82, 2.24) is 3.11 Å². The van der Waals surface area contributed by atoms with Crippen LogP contribution in [0.5, 0.6) is 0 Å². The molecule has 1 nitrogen and oxygen atoms in total. The van der Waals surface area contributed by atoms with Gasteiger partial charge in [-0.1, -0.05) is 37.6 Å². The van der Waals surface area contributed by atoms with E-state index in [1.807, 2.05) is 0 Å². The fourth-order valence-electron chi connectivity index (χ4n) is 2.26. The normalized spacial score (nSPS) is 22.0. The van der Waals surface area contributed by atoms with Crippen molar-refractivity contribution >= 4 is 22.9 Å². The van der Waals surface area contributed by atoms with E-state index in [1.165, 1.54) is 24.9 Å². The van der Waals surface area contributed by atoms with E-state index in [-0.39, 0.29) is 0 Å². The number of rotatable bonds is 2. The standard InChI is InChI=1S/C12H16IN/c1-2-5-10-8-14(13)9-11-6-3-4-7-12(10)11/h3-4,6-7,10H,2,5,8-9H2,1H3/t10-/m0/s1. The van der Waals surface area contributed by atoms with Crippen LogP contribution in [-0.4, -0.2) is 9.66 Å². The molecule has 0 N–H and O–H groups in total. The highest BCUT2D eigenvalue weighted by molar-refractivity contribution is 14.1. The Morgan fingerprint density at radius 1 is 1.43 bits per heavy atom. The highest BCUT2D eigenvalue weighted by atomic mass is 127. The Labute approximate surface area is 100.0 Å². The average Bonchev–Trinajstić information content (AvgIpc) is 2.18. The van der Waals surface area contributed by atoms with Crippen LogP contribution in [0.3, 0.4) is 0 Å². The van der Waals surface area contributed by atoms with Gasteiger partial charge in [0.15, 0.2) is 0 Å². The largest absolute Gasteiger partial charge is 0.243 e. The predicted octanol–water partition coefficient (Wildman–Crippen LogP) is 3.74. The van der Waals surface area contributed by atoms with E-state index in [2.05, 4.69) is 57.2 Å². The zero-order valence-corrected chi connectivity index (χ0v) is 10.7. The van der Waals surface area contributed by atoms with E-state index < -0.39 is 0 Å². The van der Waals surface area contributed by atoms with Gasteiger partial charge in [0.1, 0.15) is 0 Å².